The van der Waals surface area contributed by atoms with E-state index in [-0.39, 0.29) is 11.7 Å². The normalized spacial score (nSPS) is 11.6. The number of amides is 1. The van der Waals surface area contributed by atoms with E-state index in [1.807, 2.05) is 24.3 Å². The number of methoxy groups -OCH3 is 1. The molecule has 0 saturated heterocycles. The van der Waals surface area contributed by atoms with Gasteiger partial charge in [-0.25, -0.2) is 4.98 Å². The van der Waals surface area contributed by atoms with Crippen LogP contribution in [0, 0.1) is 0 Å². The van der Waals surface area contributed by atoms with Crippen LogP contribution in [0.4, 0.5) is 5.69 Å². The molecular formula is C20H14N2O3. The van der Waals surface area contributed by atoms with Gasteiger partial charge in [0.1, 0.15) is 0 Å². The second-order valence-electron chi connectivity index (χ2n) is 5.68. The van der Waals surface area contributed by atoms with Gasteiger partial charge in [0.05, 0.1) is 19.0 Å². The number of ketones is 1. The van der Waals surface area contributed by atoms with E-state index in [9.17, 15) is 9.59 Å². The molecule has 5 heteroatoms. The van der Waals surface area contributed by atoms with Crippen LogP contribution in [-0.4, -0.2) is 23.8 Å². The number of benzene rings is 2. The average Bonchev–Trinajstić information content (AvgIpc) is 2.95. The van der Waals surface area contributed by atoms with Gasteiger partial charge in [0, 0.05) is 22.8 Å². The van der Waals surface area contributed by atoms with E-state index in [1.165, 1.54) is 13.3 Å². The smallest absolute Gasteiger partial charge is 0.255 e. The van der Waals surface area contributed by atoms with Crippen molar-refractivity contribution >= 4 is 17.4 Å². The Kier molecular flexibility index (Phi) is 3.54. The number of hydrogen-bond donors (Lipinski definition) is 1. The maximum absolute atomic E-state index is 12.5. The summed E-state index contributed by atoms with van der Waals surface area (Å²) in [4.78, 5) is 29.1. The van der Waals surface area contributed by atoms with Crippen molar-refractivity contribution in [1.29, 1.82) is 0 Å². The molecule has 3 aromatic rings. The van der Waals surface area contributed by atoms with E-state index in [0.29, 0.717) is 28.3 Å². The number of ether oxygens (including phenoxy) is 1. The first kappa shape index (κ1) is 15.1. The van der Waals surface area contributed by atoms with Crippen molar-refractivity contribution in [3.05, 3.63) is 77.5 Å². The van der Waals surface area contributed by atoms with Gasteiger partial charge in [-0.15, -0.1) is 0 Å². The summed E-state index contributed by atoms with van der Waals surface area (Å²) in [6, 6.07) is 16.0. The van der Waals surface area contributed by atoms with Crippen LogP contribution < -0.4 is 10.1 Å². The molecule has 25 heavy (non-hydrogen) atoms. The molecule has 1 aliphatic rings. The summed E-state index contributed by atoms with van der Waals surface area (Å²) in [6.07, 6.45) is 1.52. The second-order valence-corrected chi connectivity index (χ2v) is 5.68. The molecule has 1 N–H and O–H groups in total. The van der Waals surface area contributed by atoms with E-state index in [1.54, 1.807) is 30.3 Å². The highest BCUT2D eigenvalue weighted by Crippen LogP contribution is 2.36. The molecule has 4 rings (SSSR count). The lowest BCUT2D eigenvalue weighted by atomic mass is 10.0. The zero-order valence-electron chi connectivity index (χ0n) is 13.4. The standard InChI is InChI=1S/C20H14N2O3/c1-25-18-9-7-13(11-21-18)22-20(24)12-6-8-15-14-4-2-3-5-16(14)19(23)17(15)10-12/h2-11H,1H3,(H,22,24). The van der Waals surface area contributed by atoms with Gasteiger partial charge in [0.2, 0.25) is 5.88 Å². The summed E-state index contributed by atoms with van der Waals surface area (Å²) in [5.74, 6) is 0.128. The third-order valence-electron chi connectivity index (χ3n) is 4.19. The molecule has 5 nitrogen and oxygen atoms in total. The maximum Gasteiger partial charge on any atom is 0.255 e. The molecule has 0 radical (unpaired) electrons. The SMILES string of the molecule is COc1ccc(NC(=O)c2ccc3c(c2)C(=O)c2ccccc2-3)cn1. The summed E-state index contributed by atoms with van der Waals surface area (Å²) >= 11 is 0. The van der Waals surface area contributed by atoms with E-state index >= 15 is 0 Å². The highest BCUT2D eigenvalue weighted by Gasteiger charge is 2.27. The van der Waals surface area contributed by atoms with E-state index in [0.717, 1.165) is 11.1 Å². The van der Waals surface area contributed by atoms with Crippen LogP contribution in [0.15, 0.2) is 60.8 Å². The first-order chi connectivity index (χ1) is 12.2. The van der Waals surface area contributed by atoms with Gasteiger partial charge in [-0.3, -0.25) is 9.59 Å². The number of anilines is 1. The quantitative estimate of drug-likeness (QED) is 0.624. The number of nitrogens with zero attached hydrogens (tertiary/aromatic N) is 1. The Morgan fingerprint density at radius 3 is 2.44 bits per heavy atom. The van der Waals surface area contributed by atoms with Crippen molar-refractivity contribution in [2.45, 2.75) is 0 Å². The highest BCUT2D eigenvalue weighted by atomic mass is 16.5. The third kappa shape index (κ3) is 2.55. The Morgan fingerprint density at radius 1 is 0.960 bits per heavy atom. The van der Waals surface area contributed by atoms with Crippen LogP contribution in [0.3, 0.4) is 0 Å². The molecule has 2 aromatic carbocycles. The minimum absolute atomic E-state index is 0.0497. The number of pyridine rings is 1. The summed E-state index contributed by atoms with van der Waals surface area (Å²) in [6.45, 7) is 0. The van der Waals surface area contributed by atoms with Gasteiger partial charge in [-0.1, -0.05) is 30.3 Å². The number of carbonyl (C=O) groups excluding carboxylic acids is 2. The number of rotatable bonds is 3. The molecule has 0 bridgehead atoms. The lowest BCUT2D eigenvalue weighted by molar-refractivity contribution is 0.102. The lowest BCUT2D eigenvalue weighted by Gasteiger charge is -2.07. The maximum atomic E-state index is 12.5. The fourth-order valence-electron chi connectivity index (χ4n) is 2.95. The van der Waals surface area contributed by atoms with Gasteiger partial charge >= 0.3 is 0 Å². The first-order valence-corrected chi connectivity index (χ1v) is 7.77. The minimum atomic E-state index is -0.293. The molecule has 0 unspecified atom stereocenters. The number of nitrogens with one attached hydrogen (secondary N) is 1. The number of carbonyl (C=O) groups is 2. The summed E-state index contributed by atoms with van der Waals surface area (Å²) in [7, 11) is 1.53. The van der Waals surface area contributed by atoms with Crippen molar-refractivity contribution < 1.29 is 14.3 Å². The van der Waals surface area contributed by atoms with Crippen LogP contribution in [0.1, 0.15) is 26.3 Å². The summed E-state index contributed by atoms with van der Waals surface area (Å²) < 4.78 is 4.99. The molecule has 1 amide bonds. The fraction of sp³-hybridized carbons (Fsp3) is 0.0500. The van der Waals surface area contributed by atoms with E-state index in [2.05, 4.69) is 10.3 Å². The van der Waals surface area contributed by atoms with Crippen molar-refractivity contribution in [2.24, 2.45) is 0 Å². The molecule has 1 aliphatic carbocycles. The third-order valence-corrected chi connectivity index (χ3v) is 4.19. The van der Waals surface area contributed by atoms with Crippen molar-refractivity contribution in [3.8, 4) is 17.0 Å². The Hall–Kier alpha value is -3.47. The van der Waals surface area contributed by atoms with Crippen molar-refractivity contribution in [2.75, 3.05) is 12.4 Å². The minimum Gasteiger partial charge on any atom is -0.481 e. The van der Waals surface area contributed by atoms with Crippen LogP contribution in [0.2, 0.25) is 0 Å². The Balaban J connectivity index is 1.62. The number of hydrogen-bond acceptors (Lipinski definition) is 4. The van der Waals surface area contributed by atoms with E-state index in [4.69, 9.17) is 4.74 Å². The molecule has 0 aliphatic heterocycles. The summed E-state index contributed by atoms with van der Waals surface area (Å²) in [5, 5.41) is 2.77. The van der Waals surface area contributed by atoms with Crippen LogP contribution in [-0.2, 0) is 0 Å². The Morgan fingerprint density at radius 2 is 1.72 bits per heavy atom. The van der Waals surface area contributed by atoms with Gasteiger partial charge in [-0.05, 0) is 29.3 Å². The van der Waals surface area contributed by atoms with Crippen LogP contribution in [0.25, 0.3) is 11.1 Å². The zero-order chi connectivity index (χ0) is 17.4. The van der Waals surface area contributed by atoms with Gasteiger partial charge in [0.15, 0.2) is 5.78 Å². The topological polar surface area (TPSA) is 68.3 Å². The average molecular weight is 330 g/mol. The fourth-order valence-corrected chi connectivity index (χ4v) is 2.95. The lowest BCUT2D eigenvalue weighted by Crippen LogP contribution is -2.12. The molecule has 0 atom stereocenters. The molecule has 1 aromatic heterocycles. The highest BCUT2D eigenvalue weighted by molar-refractivity contribution is 6.22. The molecule has 1 heterocycles. The summed E-state index contributed by atoms with van der Waals surface area (Å²) in [5.41, 5.74) is 3.99. The van der Waals surface area contributed by atoms with Crippen LogP contribution >= 0.6 is 0 Å². The van der Waals surface area contributed by atoms with E-state index < -0.39 is 0 Å². The monoisotopic (exact) mass is 330 g/mol. The molecule has 0 saturated carbocycles. The van der Waals surface area contributed by atoms with Crippen molar-refractivity contribution in [1.82, 2.24) is 4.98 Å². The zero-order valence-corrected chi connectivity index (χ0v) is 13.4. The molecular weight excluding hydrogens is 316 g/mol. The Bertz CT molecular complexity index is 994. The predicted octanol–water partition coefficient (Wildman–Crippen LogP) is 3.55. The number of fused-ring (bicyclic) bond motifs is 3. The van der Waals surface area contributed by atoms with Gasteiger partial charge in [-0.2, -0.15) is 0 Å². The molecule has 0 spiro atoms. The van der Waals surface area contributed by atoms with Crippen LogP contribution in [0.5, 0.6) is 5.88 Å². The first-order valence-electron chi connectivity index (χ1n) is 7.77. The molecule has 122 valence electrons. The van der Waals surface area contributed by atoms with Gasteiger partial charge < -0.3 is 10.1 Å². The largest absolute Gasteiger partial charge is 0.481 e. The number of aromatic nitrogens is 1. The predicted molar refractivity (Wildman–Crippen MR) is 94.1 cm³/mol. The van der Waals surface area contributed by atoms with Gasteiger partial charge in [0.25, 0.3) is 5.91 Å². The van der Waals surface area contributed by atoms with Crippen molar-refractivity contribution in [3.63, 3.8) is 0 Å². The second kappa shape index (κ2) is 5.87. The molecule has 0 fully saturated rings. The Labute approximate surface area is 144 Å².